The topological polar surface area (TPSA) is 58.6 Å². The summed E-state index contributed by atoms with van der Waals surface area (Å²) in [6, 6.07) is 0.461. The van der Waals surface area contributed by atoms with E-state index in [1.54, 1.807) is 0 Å². The number of rotatable bonds is 6. The first kappa shape index (κ1) is 17.6. The van der Waals surface area contributed by atoms with E-state index in [2.05, 4.69) is 17.1 Å². The molecule has 1 aliphatic rings. The van der Waals surface area contributed by atoms with E-state index in [1.807, 2.05) is 20.8 Å². The van der Waals surface area contributed by atoms with Gasteiger partial charge in [0.05, 0.1) is 7.11 Å². The molecule has 1 heterocycles. The molecule has 0 bridgehead atoms. The Morgan fingerprint density at radius 1 is 1.35 bits per heavy atom. The number of hydrogen-bond acceptors (Lipinski definition) is 5. The van der Waals surface area contributed by atoms with Crippen molar-refractivity contribution in [3.05, 3.63) is 0 Å². The Hall–Kier alpha value is -0.460. The first-order valence-electron chi connectivity index (χ1n) is 7.23. The van der Waals surface area contributed by atoms with Gasteiger partial charge in [-0.15, -0.1) is 0 Å². The highest BCUT2D eigenvalue weighted by molar-refractivity contribution is 7.85. The van der Waals surface area contributed by atoms with Crippen LogP contribution in [0.15, 0.2) is 0 Å². The maximum Gasteiger partial charge on any atom is 0.325 e. The second kappa shape index (κ2) is 7.52. The Morgan fingerprint density at radius 2 is 1.90 bits per heavy atom. The van der Waals surface area contributed by atoms with Crippen LogP contribution >= 0.6 is 0 Å². The van der Waals surface area contributed by atoms with Crippen molar-refractivity contribution >= 4 is 16.8 Å². The summed E-state index contributed by atoms with van der Waals surface area (Å²) in [5.41, 5.74) is -0.682. The van der Waals surface area contributed by atoms with Crippen molar-refractivity contribution in [2.45, 2.75) is 51.7 Å². The van der Waals surface area contributed by atoms with E-state index in [0.717, 1.165) is 24.6 Å². The van der Waals surface area contributed by atoms with E-state index in [-0.39, 0.29) is 18.1 Å². The number of hydrogen-bond donors (Lipinski definition) is 1. The minimum absolute atomic E-state index is 0.208. The Morgan fingerprint density at radius 3 is 2.35 bits per heavy atom. The minimum Gasteiger partial charge on any atom is -0.468 e. The fourth-order valence-electron chi connectivity index (χ4n) is 2.88. The molecule has 2 unspecified atom stereocenters. The van der Waals surface area contributed by atoms with Crippen LogP contribution < -0.4 is 5.32 Å². The second-order valence-electron chi connectivity index (χ2n) is 6.06. The highest BCUT2D eigenvalue weighted by atomic mass is 32.2. The number of carbonyl (C=O) groups is 1. The quantitative estimate of drug-likeness (QED) is 0.734. The lowest BCUT2D eigenvalue weighted by Gasteiger charge is -2.38. The molecule has 6 heteroatoms. The zero-order valence-electron chi connectivity index (χ0n) is 13.3. The van der Waals surface area contributed by atoms with Crippen LogP contribution in [0, 0.1) is 0 Å². The van der Waals surface area contributed by atoms with E-state index in [1.165, 1.54) is 7.11 Å². The Labute approximate surface area is 124 Å². The lowest BCUT2D eigenvalue weighted by molar-refractivity contribution is -0.149. The molecular formula is C14H28N2O3S. The lowest BCUT2D eigenvalue weighted by atomic mass is 9.92. The van der Waals surface area contributed by atoms with Crippen molar-refractivity contribution in [1.82, 2.24) is 10.2 Å². The largest absolute Gasteiger partial charge is 0.468 e. The zero-order valence-corrected chi connectivity index (χ0v) is 14.1. The molecule has 20 heavy (non-hydrogen) atoms. The molecule has 1 rings (SSSR count). The van der Waals surface area contributed by atoms with Gasteiger partial charge in [0.1, 0.15) is 5.54 Å². The molecule has 0 aromatic carbocycles. The van der Waals surface area contributed by atoms with Crippen molar-refractivity contribution in [1.29, 1.82) is 0 Å². The van der Waals surface area contributed by atoms with Crippen LogP contribution in [0.4, 0.5) is 0 Å². The number of nitrogens with one attached hydrogen (secondary N) is 1. The summed E-state index contributed by atoms with van der Waals surface area (Å²) < 4.78 is 16.4. The summed E-state index contributed by atoms with van der Waals surface area (Å²) >= 11 is 0. The predicted octanol–water partition coefficient (Wildman–Crippen LogP) is 0.759. The maximum atomic E-state index is 12.1. The average molecular weight is 304 g/mol. The number of esters is 1. The van der Waals surface area contributed by atoms with Crippen molar-refractivity contribution in [3.8, 4) is 0 Å². The smallest absolute Gasteiger partial charge is 0.325 e. The van der Waals surface area contributed by atoms with Crippen molar-refractivity contribution < 1.29 is 13.7 Å². The third-order valence-corrected chi connectivity index (χ3v) is 5.06. The molecule has 0 saturated carbocycles. The van der Waals surface area contributed by atoms with Crippen LogP contribution in [0.2, 0.25) is 0 Å². The van der Waals surface area contributed by atoms with Gasteiger partial charge >= 0.3 is 5.97 Å². The predicted molar refractivity (Wildman–Crippen MR) is 82.2 cm³/mol. The fourth-order valence-corrected chi connectivity index (χ4v) is 3.96. The highest BCUT2D eigenvalue weighted by Crippen LogP contribution is 2.20. The SMILES string of the molecule is COC(=O)C(C)(CC(C)N1CCS(=O)CC1)NC(C)C. The molecule has 0 aromatic heterocycles. The Kier molecular flexibility index (Phi) is 6.61. The molecule has 0 aromatic rings. The second-order valence-corrected chi connectivity index (χ2v) is 7.76. The normalized spacial score (nSPS) is 22.5. The van der Waals surface area contributed by atoms with Crippen molar-refractivity contribution in [2.75, 3.05) is 31.7 Å². The van der Waals surface area contributed by atoms with Gasteiger partial charge in [0, 0.05) is 47.5 Å². The number of carbonyl (C=O) groups excluding carboxylic acids is 1. The molecule has 0 radical (unpaired) electrons. The van der Waals surface area contributed by atoms with Gasteiger partial charge in [0.15, 0.2) is 0 Å². The average Bonchev–Trinajstić information content (AvgIpc) is 2.37. The Balaban J connectivity index is 2.68. The first-order valence-corrected chi connectivity index (χ1v) is 8.72. The summed E-state index contributed by atoms with van der Waals surface area (Å²) in [7, 11) is 0.759. The molecule has 5 nitrogen and oxygen atoms in total. The van der Waals surface area contributed by atoms with Crippen LogP contribution in [0.1, 0.15) is 34.1 Å². The fraction of sp³-hybridized carbons (Fsp3) is 0.929. The van der Waals surface area contributed by atoms with Crippen LogP contribution in [-0.2, 0) is 20.3 Å². The molecule has 118 valence electrons. The van der Waals surface area contributed by atoms with Crippen LogP contribution in [-0.4, -0.2) is 64.4 Å². The van der Waals surface area contributed by atoms with E-state index >= 15 is 0 Å². The third-order valence-electron chi connectivity index (χ3n) is 3.78. The first-order chi connectivity index (χ1) is 9.28. The zero-order chi connectivity index (χ0) is 15.3. The summed E-state index contributed by atoms with van der Waals surface area (Å²) in [5.74, 6) is 1.24. The monoisotopic (exact) mass is 304 g/mol. The third kappa shape index (κ3) is 4.82. The lowest BCUT2D eigenvalue weighted by Crippen LogP contribution is -2.57. The van der Waals surface area contributed by atoms with Gasteiger partial charge < -0.3 is 4.74 Å². The Bertz CT molecular complexity index is 352. The molecule has 1 aliphatic heterocycles. The number of ether oxygens (including phenoxy) is 1. The van der Waals surface area contributed by atoms with Crippen LogP contribution in [0.5, 0.6) is 0 Å². The summed E-state index contributed by atoms with van der Waals surface area (Å²) in [4.78, 5) is 14.4. The van der Waals surface area contributed by atoms with E-state index in [0.29, 0.717) is 6.42 Å². The standard InChI is InChI=1S/C14H28N2O3S/c1-11(2)15-14(4,13(17)19-5)10-12(3)16-6-8-20(18)9-7-16/h11-12,15H,6-10H2,1-5H3. The van der Waals surface area contributed by atoms with Gasteiger partial charge in [-0.3, -0.25) is 19.2 Å². The summed E-state index contributed by atoms with van der Waals surface area (Å²) in [5, 5.41) is 3.32. The van der Waals surface area contributed by atoms with Crippen LogP contribution in [0.25, 0.3) is 0 Å². The van der Waals surface area contributed by atoms with Crippen LogP contribution in [0.3, 0.4) is 0 Å². The molecule has 1 N–H and O–H groups in total. The molecule has 1 fully saturated rings. The molecule has 0 aliphatic carbocycles. The number of nitrogens with zero attached hydrogens (tertiary/aromatic N) is 1. The summed E-state index contributed by atoms with van der Waals surface area (Å²) in [6.45, 7) is 9.75. The van der Waals surface area contributed by atoms with Gasteiger partial charge in [0.2, 0.25) is 0 Å². The molecule has 1 saturated heterocycles. The van der Waals surface area contributed by atoms with Gasteiger partial charge in [-0.25, -0.2) is 0 Å². The van der Waals surface area contributed by atoms with E-state index < -0.39 is 16.3 Å². The van der Waals surface area contributed by atoms with Gasteiger partial charge in [-0.1, -0.05) is 0 Å². The minimum atomic E-state index is -0.682. The molecule has 0 amide bonds. The van der Waals surface area contributed by atoms with Crippen molar-refractivity contribution in [2.24, 2.45) is 0 Å². The van der Waals surface area contributed by atoms with Gasteiger partial charge in [0.25, 0.3) is 0 Å². The summed E-state index contributed by atoms with van der Waals surface area (Å²) in [6.07, 6.45) is 0.685. The van der Waals surface area contributed by atoms with Gasteiger partial charge in [-0.2, -0.15) is 0 Å². The number of methoxy groups -OCH3 is 1. The maximum absolute atomic E-state index is 12.1. The highest BCUT2D eigenvalue weighted by Gasteiger charge is 2.37. The van der Waals surface area contributed by atoms with E-state index in [4.69, 9.17) is 4.74 Å². The van der Waals surface area contributed by atoms with E-state index in [9.17, 15) is 9.00 Å². The molecule has 2 atom stereocenters. The van der Waals surface area contributed by atoms with Gasteiger partial charge in [-0.05, 0) is 34.1 Å². The van der Waals surface area contributed by atoms with Crippen molar-refractivity contribution in [3.63, 3.8) is 0 Å². The molecular weight excluding hydrogens is 276 g/mol. The molecule has 0 spiro atoms.